The summed E-state index contributed by atoms with van der Waals surface area (Å²) in [6.07, 6.45) is 3.61. The highest BCUT2D eigenvalue weighted by molar-refractivity contribution is 5.79. The first-order chi connectivity index (χ1) is 12.6. The topological polar surface area (TPSA) is 56.8 Å². The van der Waals surface area contributed by atoms with Crippen molar-refractivity contribution in [2.75, 3.05) is 19.8 Å². The molecule has 2 heterocycles. The molecule has 1 aromatic rings. The van der Waals surface area contributed by atoms with Crippen LogP contribution in [0.15, 0.2) is 30.3 Å². The standard InChI is InChI=1S/C21H31NO4/c1-15(22-21(23)19-9-6-12-25-16(19)2)20(17-7-4-3-5-8-17)26-18-10-13-24-14-11-18/h3-5,7-8,15-16,18-20H,6,9-14H2,1-2H3,(H,22,23). The average molecular weight is 361 g/mol. The molecule has 26 heavy (non-hydrogen) atoms. The van der Waals surface area contributed by atoms with Crippen molar-refractivity contribution in [3.05, 3.63) is 35.9 Å². The van der Waals surface area contributed by atoms with Crippen LogP contribution in [0.3, 0.4) is 0 Å². The zero-order chi connectivity index (χ0) is 18.4. The van der Waals surface area contributed by atoms with Crippen molar-refractivity contribution in [2.45, 2.75) is 63.9 Å². The van der Waals surface area contributed by atoms with Gasteiger partial charge in [0.05, 0.1) is 24.2 Å². The molecule has 5 nitrogen and oxygen atoms in total. The molecule has 1 N–H and O–H groups in total. The van der Waals surface area contributed by atoms with Crippen LogP contribution in [0.1, 0.15) is 51.2 Å². The summed E-state index contributed by atoms with van der Waals surface area (Å²) in [6, 6.07) is 10.1. The molecule has 0 aromatic heterocycles. The predicted molar refractivity (Wildman–Crippen MR) is 99.9 cm³/mol. The third-order valence-electron chi connectivity index (χ3n) is 5.40. The summed E-state index contributed by atoms with van der Waals surface area (Å²) in [4.78, 5) is 12.8. The SMILES string of the molecule is CC(NC(=O)C1CCCOC1C)C(OC1CCOCC1)c1ccccc1. The van der Waals surface area contributed by atoms with E-state index >= 15 is 0 Å². The molecule has 3 rings (SSSR count). The molecule has 4 unspecified atom stereocenters. The Morgan fingerprint density at radius 1 is 1.15 bits per heavy atom. The van der Waals surface area contributed by atoms with Crippen LogP contribution in [0.4, 0.5) is 0 Å². The van der Waals surface area contributed by atoms with Crippen LogP contribution in [-0.4, -0.2) is 44.0 Å². The highest BCUT2D eigenvalue weighted by Gasteiger charge is 2.32. The number of hydrogen-bond acceptors (Lipinski definition) is 4. The number of carbonyl (C=O) groups excluding carboxylic acids is 1. The molecule has 0 spiro atoms. The highest BCUT2D eigenvalue weighted by Crippen LogP contribution is 2.27. The lowest BCUT2D eigenvalue weighted by molar-refractivity contribution is -0.136. The quantitative estimate of drug-likeness (QED) is 0.845. The van der Waals surface area contributed by atoms with Gasteiger partial charge in [-0.1, -0.05) is 30.3 Å². The molecule has 0 bridgehead atoms. The second-order valence-corrected chi connectivity index (χ2v) is 7.40. The van der Waals surface area contributed by atoms with Crippen molar-refractivity contribution in [1.82, 2.24) is 5.32 Å². The monoisotopic (exact) mass is 361 g/mol. The molecule has 1 aromatic carbocycles. The van der Waals surface area contributed by atoms with E-state index in [0.29, 0.717) is 0 Å². The van der Waals surface area contributed by atoms with Gasteiger partial charge in [-0.2, -0.15) is 0 Å². The van der Waals surface area contributed by atoms with Gasteiger partial charge >= 0.3 is 0 Å². The van der Waals surface area contributed by atoms with Crippen LogP contribution in [0.2, 0.25) is 0 Å². The van der Waals surface area contributed by atoms with E-state index in [0.717, 1.165) is 51.1 Å². The van der Waals surface area contributed by atoms with Gasteiger partial charge in [0.15, 0.2) is 0 Å². The molecule has 4 atom stereocenters. The van der Waals surface area contributed by atoms with Gasteiger partial charge in [-0.05, 0) is 45.1 Å². The van der Waals surface area contributed by atoms with E-state index in [1.165, 1.54) is 0 Å². The van der Waals surface area contributed by atoms with Crippen molar-refractivity contribution in [2.24, 2.45) is 5.92 Å². The third-order valence-corrected chi connectivity index (χ3v) is 5.40. The molecule has 2 aliphatic heterocycles. The van der Waals surface area contributed by atoms with Crippen LogP contribution >= 0.6 is 0 Å². The van der Waals surface area contributed by atoms with Gasteiger partial charge in [-0.25, -0.2) is 0 Å². The molecular formula is C21H31NO4. The normalized spacial score (nSPS) is 26.8. The summed E-state index contributed by atoms with van der Waals surface area (Å²) in [6.45, 7) is 6.25. The summed E-state index contributed by atoms with van der Waals surface area (Å²) in [5, 5.41) is 3.19. The van der Waals surface area contributed by atoms with E-state index in [1.807, 2.05) is 32.0 Å². The summed E-state index contributed by atoms with van der Waals surface area (Å²) in [5.41, 5.74) is 1.10. The highest BCUT2D eigenvalue weighted by atomic mass is 16.5. The van der Waals surface area contributed by atoms with Crippen LogP contribution in [-0.2, 0) is 19.0 Å². The Kier molecular flexibility index (Phi) is 7.06. The molecule has 0 saturated carbocycles. The Morgan fingerprint density at radius 3 is 2.58 bits per heavy atom. The fraction of sp³-hybridized carbons (Fsp3) is 0.667. The molecule has 0 radical (unpaired) electrons. The molecule has 1 amide bonds. The summed E-state index contributed by atoms with van der Waals surface area (Å²) in [5.74, 6) is -0.00749. The van der Waals surface area contributed by atoms with E-state index in [4.69, 9.17) is 14.2 Å². The van der Waals surface area contributed by atoms with Gasteiger partial charge in [-0.3, -0.25) is 4.79 Å². The fourth-order valence-electron chi connectivity index (χ4n) is 3.82. The van der Waals surface area contributed by atoms with E-state index in [2.05, 4.69) is 17.4 Å². The molecule has 2 aliphatic rings. The fourth-order valence-corrected chi connectivity index (χ4v) is 3.82. The van der Waals surface area contributed by atoms with E-state index in [-0.39, 0.29) is 36.2 Å². The molecule has 0 aliphatic carbocycles. The van der Waals surface area contributed by atoms with E-state index in [1.54, 1.807) is 0 Å². The second kappa shape index (κ2) is 9.49. The largest absolute Gasteiger partial charge is 0.381 e. The molecule has 144 valence electrons. The maximum atomic E-state index is 12.8. The van der Waals surface area contributed by atoms with Gasteiger partial charge < -0.3 is 19.5 Å². The van der Waals surface area contributed by atoms with Crippen molar-refractivity contribution in [3.63, 3.8) is 0 Å². The minimum absolute atomic E-state index is 0.0254. The van der Waals surface area contributed by atoms with Gasteiger partial charge in [0.25, 0.3) is 0 Å². The predicted octanol–water partition coefficient (Wildman–Crippen LogP) is 3.24. The maximum Gasteiger partial charge on any atom is 0.226 e. The number of carbonyl (C=O) groups is 1. The van der Waals surface area contributed by atoms with E-state index in [9.17, 15) is 4.79 Å². The minimum atomic E-state index is -0.164. The Hall–Kier alpha value is -1.43. The number of nitrogens with one attached hydrogen (secondary N) is 1. The van der Waals surface area contributed by atoms with Crippen molar-refractivity contribution < 1.29 is 19.0 Å². The van der Waals surface area contributed by atoms with Crippen molar-refractivity contribution in [3.8, 4) is 0 Å². The Labute approximate surface area is 156 Å². The molecule has 2 fully saturated rings. The van der Waals surface area contributed by atoms with E-state index < -0.39 is 0 Å². The molecule has 5 heteroatoms. The molecular weight excluding hydrogens is 330 g/mol. The summed E-state index contributed by atoms with van der Waals surface area (Å²) in [7, 11) is 0. The lowest BCUT2D eigenvalue weighted by atomic mass is 9.93. The lowest BCUT2D eigenvalue weighted by Crippen LogP contribution is -2.46. The van der Waals surface area contributed by atoms with Gasteiger partial charge in [0.1, 0.15) is 6.10 Å². The Bertz CT molecular complexity index is 558. The first kappa shape index (κ1) is 19.3. The maximum absolute atomic E-state index is 12.8. The zero-order valence-electron chi connectivity index (χ0n) is 15.9. The number of amides is 1. The smallest absolute Gasteiger partial charge is 0.226 e. The average Bonchev–Trinajstić information content (AvgIpc) is 2.68. The third kappa shape index (κ3) is 5.06. The molecule has 2 saturated heterocycles. The first-order valence-corrected chi connectivity index (χ1v) is 9.85. The van der Waals surface area contributed by atoms with Gasteiger partial charge in [0.2, 0.25) is 5.91 Å². The Morgan fingerprint density at radius 2 is 1.88 bits per heavy atom. The van der Waals surface area contributed by atoms with Crippen LogP contribution < -0.4 is 5.32 Å². The summed E-state index contributed by atoms with van der Waals surface area (Å²) >= 11 is 0. The summed E-state index contributed by atoms with van der Waals surface area (Å²) < 4.78 is 17.5. The minimum Gasteiger partial charge on any atom is -0.381 e. The van der Waals surface area contributed by atoms with Crippen LogP contribution in [0, 0.1) is 5.92 Å². The van der Waals surface area contributed by atoms with Crippen molar-refractivity contribution in [1.29, 1.82) is 0 Å². The first-order valence-electron chi connectivity index (χ1n) is 9.85. The zero-order valence-corrected chi connectivity index (χ0v) is 15.9. The van der Waals surface area contributed by atoms with Gasteiger partial charge in [-0.15, -0.1) is 0 Å². The second-order valence-electron chi connectivity index (χ2n) is 7.40. The number of ether oxygens (including phenoxy) is 3. The Balaban J connectivity index is 1.67. The number of benzene rings is 1. The number of hydrogen-bond donors (Lipinski definition) is 1. The lowest BCUT2D eigenvalue weighted by Gasteiger charge is -2.34. The van der Waals surface area contributed by atoms with Crippen molar-refractivity contribution >= 4 is 5.91 Å². The van der Waals surface area contributed by atoms with Crippen LogP contribution in [0.25, 0.3) is 0 Å². The number of rotatable bonds is 6. The van der Waals surface area contributed by atoms with Crippen LogP contribution in [0.5, 0.6) is 0 Å². The van der Waals surface area contributed by atoms with Gasteiger partial charge in [0, 0.05) is 19.8 Å².